The van der Waals surface area contributed by atoms with E-state index in [1.54, 1.807) is 0 Å². The topological polar surface area (TPSA) is 55.1 Å². The molecule has 106 valence electrons. The normalized spacial score (nSPS) is 12.3. The minimum Gasteiger partial charge on any atom is -0.330 e. The number of halogens is 3. The van der Waals surface area contributed by atoms with Gasteiger partial charge in [-0.2, -0.15) is 0 Å². The van der Waals surface area contributed by atoms with Crippen LogP contribution in [0, 0.1) is 23.4 Å². The number of hydrogen-bond donors (Lipinski definition) is 2. The Hall–Kier alpha value is -1.56. The van der Waals surface area contributed by atoms with Crippen LogP contribution in [0.5, 0.6) is 0 Å². The number of rotatable bonds is 6. The van der Waals surface area contributed by atoms with Gasteiger partial charge in [0.25, 0.3) is 0 Å². The number of amides is 1. The third-order valence-electron chi connectivity index (χ3n) is 2.79. The number of carbonyl (C=O) groups excluding carboxylic acids is 1. The molecular weight excluding hydrogens is 257 g/mol. The summed E-state index contributed by atoms with van der Waals surface area (Å²) in [7, 11) is 0. The Morgan fingerprint density at radius 3 is 2.37 bits per heavy atom. The highest BCUT2D eigenvalue weighted by atomic mass is 19.2. The van der Waals surface area contributed by atoms with Gasteiger partial charge in [0.05, 0.1) is 0 Å². The first kappa shape index (κ1) is 15.5. The van der Waals surface area contributed by atoms with Gasteiger partial charge in [0.1, 0.15) is 0 Å². The van der Waals surface area contributed by atoms with Gasteiger partial charge < -0.3 is 11.1 Å². The maximum Gasteiger partial charge on any atom is 0.224 e. The molecule has 0 aliphatic rings. The lowest BCUT2D eigenvalue weighted by atomic mass is 10.0. The van der Waals surface area contributed by atoms with Crippen molar-refractivity contribution in [3.05, 3.63) is 29.6 Å². The van der Waals surface area contributed by atoms with Gasteiger partial charge >= 0.3 is 0 Å². The molecule has 1 rings (SSSR count). The molecule has 0 saturated heterocycles. The number of carbonyl (C=O) groups is 1. The number of nitrogens with two attached hydrogens (primary N) is 1. The van der Waals surface area contributed by atoms with Crippen molar-refractivity contribution < 1.29 is 18.0 Å². The second-order valence-corrected chi connectivity index (χ2v) is 4.52. The van der Waals surface area contributed by atoms with Crippen molar-refractivity contribution in [2.75, 3.05) is 11.9 Å². The van der Waals surface area contributed by atoms with Gasteiger partial charge in [-0.3, -0.25) is 4.79 Å². The van der Waals surface area contributed by atoms with Crippen molar-refractivity contribution in [1.82, 2.24) is 0 Å². The van der Waals surface area contributed by atoms with E-state index in [4.69, 9.17) is 5.73 Å². The molecule has 3 N–H and O–H groups in total. The lowest BCUT2D eigenvalue weighted by molar-refractivity contribution is -0.116. The van der Waals surface area contributed by atoms with E-state index >= 15 is 0 Å². The van der Waals surface area contributed by atoms with E-state index in [2.05, 4.69) is 5.32 Å². The minimum atomic E-state index is -1.55. The molecule has 0 spiro atoms. The SMILES string of the molecule is CC(CCN)CCC(=O)Nc1cc(F)c(F)c(F)c1. The monoisotopic (exact) mass is 274 g/mol. The standard InChI is InChI=1S/C13H17F3N2O/c1-8(4-5-17)2-3-12(19)18-9-6-10(14)13(16)11(15)7-9/h6-8H,2-5,17H2,1H3,(H,18,19). The van der Waals surface area contributed by atoms with E-state index in [1.807, 2.05) is 6.92 Å². The molecule has 1 aromatic rings. The summed E-state index contributed by atoms with van der Waals surface area (Å²) in [6, 6.07) is 1.50. The molecule has 3 nitrogen and oxygen atoms in total. The highest BCUT2D eigenvalue weighted by Gasteiger charge is 2.12. The quantitative estimate of drug-likeness (QED) is 0.784. The summed E-state index contributed by atoms with van der Waals surface area (Å²) < 4.78 is 38.6. The third-order valence-corrected chi connectivity index (χ3v) is 2.79. The first-order valence-corrected chi connectivity index (χ1v) is 6.08. The zero-order valence-corrected chi connectivity index (χ0v) is 10.7. The smallest absolute Gasteiger partial charge is 0.224 e. The number of anilines is 1. The molecule has 0 bridgehead atoms. The number of benzene rings is 1. The Labute approximate surface area is 110 Å². The molecule has 0 aromatic heterocycles. The van der Waals surface area contributed by atoms with Gasteiger partial charge in [-0.1, -0.05) is 6.92 Å². The Balaban J connectivity index is 2.53. The van der Waals surface area contributed by atoms with E-state index in [1.165, 1.54) is 0 Å². The summed E-state index contributed by atoms with van der Waals surface area (Å²) in [6.45, 7) is 2.52. The average Bonchev–Trinajstić information content (AvgIpc) is 2.34. The van der Waals surface area contributed by atoms with Crippen molar-refractivity contribution in [2.24, 2.45) is 11.7 Å². The molecule has 1 aromatic carbocycles. The van der Waals surface area contributed by atoms with Crippen LogP contribution in [-0.2, 0) is 4.79 Å². The summed E-state index contributed by atoms with van der Waals surface area (Å²) >= 11 is 0. The van der Waals surface area contributed by atoms with Gasteiger partial charge in [0.2, 0.25) is 5.91 Å². The van der Waals surface area contributed by atoms with Crippen LogP contribution in [0.3, 0.4) is 0 Å². The number of nitrogens with one attached hydrogen (secondary N) is 1. The van der Waals surface area contributed by atoms with Crippen LogP contribution in [0.4, 0.5) is 18.9 Å². The van der Waals surface area contributed by atoms with Crippen LogP contribution in [-0.4, -0.2) is 12.5 Å². The van der Waals surface area contributed by atoms with Gasteiger partial charge in [-0.25, -0.2) is 13.2 Å². The molecule has 0 heterocycles. The predicted octanol–water partition coefficient (Wildman–Crippen LogP) is 2.81. The molecule has 0 saturated carbocycles. The molecule has 1 amide bonds. The van der Waals surface area contributed by atoms with Gasteiger partial charge in [0, 0.05) is 24.2 Å². The zero-order chi connectivity index (χ0) is 14.4. The highest BCUT2D eigenvalue weighted by molar-refractivity contribution is 5.90. The second kappa shape index (κ2) is 7.13. The summed E-state index contributed by atoms with van der Waals surface area (Å²) in [6.07, 6.45) is 1.67. The molecule has 0 radical (unpaired) electrons. The summed E-state index contributed by atoms with van der Waals surface area (Å²) in [5.41, 5.74) is 5.30. The van der Waals surface area contributed by atoms with Crippen LogP contribution >= 0.6 is 0 Å². The lowest BCUT2D eigenvalue weighted by Gasteiger charge is -2.10. The highest BCUT2D eigenvalue weighted by Crippen LogP contribution is 2.18. The van der Waals surface area contributed by atoms with Crippen molar-refractivity contribution in [1.29, 1.82) is 0 Å². The van der Waals surface area contributed by atoms with Crippen molar-refractivity contribution in [3.63, 3.8) is 0 Å². The Bertz CT molecular complexity index is 429. The van der Waals surface area contributed by atoms with E-state index in [-0.39, 0.29) is 18.0 Å². The van der Waals surface area contributed by atoms with E-state index < -0.39 is 17.5 Å². The first-order chi connectivity index (χ1) is 8.93. The van der Waals surface area contributed by atoms with Crippen molar-refractivity contribution in [2.45, 2.75) is 26.2 Å². The summed E-state index contributed by atoms with van der Waals surface area (Å²) in [5, 5.41) is 2.33. The molecule has 0 fully saturated rings. The molecule has 6 heteroatoms. The van der Waals surface area contributed by atoms with Gasteiger partial charge in [-0.05, 0) is 25.3 Å². The first-order valence-electron chi connectivity index (χ1n) is 6.08. The van der Waals surface area contributed by atoms with E-state index in [0.29, 0.717) is 18.9 Å². The van der Waals surface area contributed by atoms with Gasteiger partial charge in [-0.15, -0.1) is 0 Å². The fraction of sp³-hybridized carbons (Fsp3) is 0.462. The summed E-state index contributed by atoms with van der Waals surface area (Å²) in [4.78, 5) is 11.5. The van der Waals surface area contributed by atoms with Crippen LogP contribution in [0.1, 0.15) is 26.2 Å². The molecule has 1 unspecified atom stereocenters. The zero-order valence-electron chi connectivity index (χ0n) is 10.7. The Morgan fingerprint density at radius 2 is 1.84 bits per heavy atom. The minimum absolute atomic E-state index is 0.0899. The van der Waals surface area contributed by atoms with Gasteiger partial charge in [0.15, 0.2) is 17.5 Å². The Morgan fingerprint density at radius 1 is 1.26 bits per heavy atom. The van der Waals surface area contributed by atoms with E-state index in [0.717, 1.165) is 18.6 Å². The van der Waals surface area contributed by atoms with Crippen molar-refractivity contribution >= 4 is 11.6 Å². The fourth-order valence-corrected chi connectivity index (χ4v) is 1.66. The molecule has 19 heavy (non-hydrogen) atoms. The molecule has 0 aliphatic carbocycles. The molecule has 0 aliphatic heterocycles. The lowest BCUT2D eigenvalue weighted by Crippen LogP contribution is -2.14. The second-order valence-electron chi connectivity index (χ2n) is 4.52. The van der Waals surface area contributed by atoms with Crippen LogP contribution < -0.4 is 11.1 Å². The number of hydrogen-bond acceptors (Lipinski definition) is 2. The van der Waals surface area contributed by atoms with Crippen LogP contribution in [0.25, 0.3) is 0 Å². The largest absolute Gasteiger partial charge is 0.330 e. The van der Waals surface area contributed by atoms with Crippen molar-refractivity contribution in [3.8, 4) is 0 Å². The van der Waals surface area contributed by atoms with Crippen LogP contribution in [0.2, 0.25) is 0 Å². The summed E-state index contributed by atoms with van der Waals surface area (Å²) in [5.74, 6) is -4.26. The third kappa shape index (κ3) is 4.90. The Kier molecular flexibility index (Phi) is 5.82. The van der Waals surface area contributed by atoms with Crippen LogP contribution in [0.15, 0.2) is 12.1 Å². The molecule has 1 atom stereocenters. The maximum atomic E-state index is 12.9. The fourth-order valence-electron chi connectivity index (χ4n) is 1.66. The maximum absolute atomic E-state index is 12.9. The molecular formula is C13H17F3N2O. The average molecular weight is 274 g/mol. The predicted molar refractivity (Wildman–Crippen MR) is 67.0 cm³/mol. The van der Waals surface area contributed by atoms with E-state index in [9.17, 15) is 18.0 Å².